The van der Waals surface area contributed by atoms with Gasteiger partial charge in [0.2, 0.25) is 11.8 Å². The first kappa shape index (κ1) is 30.4. The average Bonchev–Trinajstić information content (AvgIpc) is 2.90. The number of amides is 2. The van der Waals surface area contributed by atoms with Crippen LogP contribution in [0.3, 0.4) is 0 Å². The Labute approximate surface area is 240 Å². The van der Waals surface area contributed by atoms with Crippen molar-refractivity contribution in [2.45, 2.75) is 52.1 Å². The third kappa shape index (κ3) is 7.92. The summed E-state index contributed by atoms with van der Waals surface area (Å²) in [6, 6.07) is 20.2. The summed E-state index contributed by atoms with van der Waals surface area (Å²) in [6.07, 6.45) is 0. The highest BCUT2D eigenvalue weighted by Crippen LogP contribution is 2.27. The first-order valence-corrected chi connectivity index (χ1v) is 15.1. The minimum absolute atomic E-state index is 0.0892. The summed E-state index contributed by atoms with van der Waals surface area (Å²) in [5, 5.41) is 2.90. The number of para-hydroxylation sites is 1. The van der Waals surface area contributed by atoms with E-state index in [2.05, 4.69) is 21.2 Å². The van der Waals surface area contributed by atoms with Crippen molar-refractivity contribution in [3.63, 3.8) is 0 Å². The molecule has 208 valence electrons. The molecule has 3 rings (SSSR count). The van der Waals surface area contributed by atoms with Crippen molar-refractivity contribution in [1.29, 1.82) is 0 Å². The molecule has 0 bridgehead atoms. The molecular formula is C30H36BrN3O4S. The van der Waals surface area contributed by atoms with E-state index >= 15 is 0 Å². The highest BCUT2D eigenvalue weighted by atomic mass is 79.9. The van der Waals surface area contributed by atoms with Crippen molar-refractivity contribution in [2.24, 2.45) is 5.92 Å². The Hall–Kier alpha value is -3.17. The monoisotopic (exact) mass is 613 g/mol. The normalized spacial score (nSPS) is 12.2. The summed E-state index contributed by atoms with van der Waals surface area (Å²) in [4.78, 5) is 28.5. The fraction of sp³-hybridized carbons (Fsp3) is 0.333. The molecule has 0 radical (unpaired) electrons. The Morgan fingerprint density at radius 1 is 0.897 bits per heavy atom. The Morgan fingerprint density at radius 3 is 2.10 bits per heavy atom. The molecule has 1 N–H and O–H groups in total. The molecule has 0 spiro atoms. The number of nitrogens with one attached hydrogen (secondary N) is 1. The number of carbonyl (C=O) groups is 2. The standard InChI is InChI=1S/C30H36BrN3O4S/c1-21(2)18-32-30(36)24(5)33(19-25-12-14-26(31)15-13-25)29(35)20-34(28-9-7-6-8-23(28)4)39(37,38)27-16-10-22(3)11-17-27/h6-17,21,24H,18-20H2,1-5H3,(H,32,36). The van der Waals surface area contributed by atoms with E-state index in [0.717, 1.165) is 19.9 Å². The van der Waals surface area contributed by atoms with Gasteiger partial charge in [0.05, 0.1) is 10.6 Å². The van der Waals surface area contributed by atoms with Crippen molar-refractivity contribution in [3.8, 4) is 0 Å². The fourth-order valence-corrected chi connectivity index (χ4v) is 5.76. The van der Waals surface area contributed by atoms with Crippen LogP contribution in [0.5, 0.6) is 0 Å². The lowest BCUT2D eigenvalue weighted by molar-refractivity contribution is -0.139. The lowest BCUT2D eigenvalue weighted by atomic mass is 10.1. The van der Waals surface area contributed by atoms with Crippen molar-refractivity contribution in [2.75, 3.05) is 17.4 Å². The molecule has 0 saturated carbocycles. The number of sulfonamides is 1. The SMILES string of the molecule is Cc1ccc(S(=O)(=O)N(CC(=O)N(Cc2ccc(Br)cc2)C(C)C(=O)NCC(C)C)c2ccccc2C)cc1. The van der Waals surface area contributed by atoms with Crippen LogP contribution in [-0.4, -0.2) is 44.3 Å². The number of halogens is 1. The van der Waals surface area contributed by atoms with Crippen LogP contribution in [0.15, 0.2) is 82.2 Å². The second kappa shape index (κ2) is 13.3. The molecule has 1 atom stereocenters. The van der Waals surface area contributed by atoms with Crippen LogP contribution in [0.4, 0.5) is 5.69 Å². The molecule has 3 aromatic carbocycles. The first-order valence-electron chi connectivity index (χ1n) is 12.9. The highest BCUT2D eigenvalue weighted by Gasteiger charge is 2.33. The van der Waals surface area contributed by atoms with Crippen LogP contribution in [0.2, 0.25) is 0 Å². The van der Waals surface area contributed by atoms with Gasteiger partial charge in [0, 0.05) is 17.6 Å². The lowest BCUT2D eigenvalue weighted by Gasteiger charge is -2.32. The van der Waals surface area contributed by atoms with Crippen LogP contribution in [0.25, 0.3) is 0 Å². The van der Waals surface area contributed by atoms with E-state index in [-0.39, 0.29) is 23.3 Å². The number of aryl methyl sites for hydroxylation is 2. The summed E-state index contributed by atoms with van der Waals surface area (Å²) in [5.41, 5.74) is 2.86. The Kier molecular flexibility index (Phi) is 10.3. The maximum atomic E-state index is 14.0. The zero-order valence-electron chi connectivity index (χ0n) is 23.0. The van der Waals surface area contributed by atoms with Gasteiger partial charge >= 0.3 is 0 Å². The van der Waals surface area contributed by atoms with Crippen LogP contribution in [0, 0.1) is 19.8 Å². The van der Waals surface area contributed by atoms with E-state index in [1.165, 1.54) is 4.90 Å². The van der Waals surface area contributed by atoms with E-state index in [4.69, 9.17) is 0 Å². The summed E-state index contributed by atoms with van der Waals surface area (Å²) >= 11 is 3.42. The van der Waals surface area contributed by atoms with Gasteiger partial charge < -0.3 is 10.2 Å². The average molecular weight is 615 g/mol. The summed E-state index contributed by atoms with van der Waals surface area (Å²) in [6.45, 7) is 9.49. The minimum Gasteiger partial charge on any atom is -0.354 e. The Morgan fingerprint density at radius 2 is 1.51 bits per heavy atom. The Bertz CT molecular complexity index is 1390. The molecule has 2 amide bonds. The van der Waals surface area contributed by atoms with Gasteiger partial charge in [-0.3, -0.25) is 13.9 Å². The molecule has 39 heavy (non-hydrogen) atoms. The van der Waals surface area contributed by atoms with Gasteiger partial charge in [0.15, 0.2) is 0 Å². The van der Waals surface area contributed by atoms with Gasteiger partial charge in [0.1, 0.15) is 12.6 Å². The van der Waals surface area contributed by atoms with Crippen LogP contribution < -0.4 is 9.62 Å². The first-order chi connectivity index (χ1) is 18.4. The van der Waals surface area contributed by atoms with Gasteiger partial charge in [-0.25, -0.2) is 8.42 Å². The van der Waals surface area contributed by atoms with Gasteiger partial charge in [-0.2, -0.15) is 0 Å². The maximum absolute atomic E-state index is 14.0. The van der Waals surface area contributed by atoms with E-state index in [1.54, 1.807) is 56.3 Å². The van der Waals surface area contributed by atoms with E-state index in [1.807, 2.05) is 51.1 Å². The van der Waals surface area contributed by atoms with Crippen molar-refractivity contribution >= 4 is 43.5 Å². The van der Waals surface area contributed by atoms with Crippen molar-refractivity contribution in [3.05, 3.63) is 94.0 Å². The molecule has 0 saturated heterocycles. The molecule has 0 aromatic heterocycles. The van der Waals surface area contributed by atoms with Crippen LogP contribution in [-0.2, 0) is 26.2 Å². The van der Waals surface area contributed by atoms with Gasteiger partial charge in [-0.1, -0.05) is 77.8 Å². The predicted octanol–water partition coefficient (Wildman–Crippen LogP) is 5.45. The van der Waals surface area contributed by atoms with Crippen LogP contribution >= 0.6 is 15.9 Å². The fourth-order valence-electron chi connectivity index (χ4n) is 4.02. The smallest absolute Gasteiger partial charge is 0.264 e. The quantitative estimate of drug-likeness (QED) is 0.311. The molecule has 7 nitrogen and oxygen atoms in total. The number of hydrogen-bond donors (Lipinski definition) is 1. The second-order valence-electron chi connectivity index (χ2n) is 10.1. The molecular weight excluding hydrogens is 578 g/mol. The lowest BCUT2D eigenvalue weighted by Crippen LogP contribution is -2.51. The minimum atomic E-state index is -4.09. The number of rotatable bonds is 11. The number of carbonyl (C=O) groups excluding carboxylic acids is 2. The van der Waals surface area contributed by atoms with Crippen molar-refractivity contribution in [1.82, 2.24) is 10.2 Å². The number of hydrogen-bond acceptors (Lipinski definition) is 4. The van der Waals surface area contributed by atoms with Gasteiger partial charge in [-0.05, 0) is 68.1 Å². The number of anilines is 1. The predicted molar refractivity (Wildman–Crippen MR) is 159 cm³/mol. The molecule has 9 heteroatoms. The second-order valence-corrected chi connectivity index (χ2v) is 12.9. The molecule has 0 aliphatic rings. The largest absolute Gasteiger partial charge is 0.354 e. The highest BCUT2D eigenvalue weighted by molar-refractivity contribution is 9.10. The molecule has 0 heterocycles. The third-order valence-corrected chi connectivity index (χ3v) is 8.69. The third-order valence-electron chi connectivity index (χ3n) is 6.39. The van der Waals surface area contributed by atoms with E-state index in [9.17, 15) is 18.0 Å². The van der Waals surface area contributed by atoms with Gasteiger partial charge in [-0.15, -0.1) is 0 Å². The van der Waals surface area contributed by atoms with E-state index in [0.29, 0.717) is 17.8 Å². The Balaban J connectivity index is 2.02. The number of nitrogens with zero attached hydrogens (tertiary/aromatic N) is 2. The molecule has 0 aliphatic carbocycles. The van der Waals surface area contributed by atoms with E-state index < -0.39 is 28.5 Å². The summed E-state index contributed by atoms with van der Waals surface area (Å²) < 4.78 is 29.8. The maximum Gasteiger partial charge on any atom is 0.264 e. The summed E-state index contributed by atoms with van der Waals surface area (Å²) in [7, 11) is -4.09. The summed E-state index contributed by atoms with van der Waals surface area (Å²) in [5.74, 6) is -0.532. The topological polar surface area (TPSA) is 86.8 Å². The molecule has 3 aromatic rings. The zero-order valence-corrected chi connectivity index (χ0v) is 25.4. The molecule has 0 aliphatic heterocycles. The van der Waals surface area contributed by atoms with Gasteiger partial charge in [0.25, 0.3) is 10.0 Å². The van der Waals surface area contributed by atoms with Crippen molar-refractivity contribution < 1.29 is 18.0 Å². The molecule has 1 unspecified atom stereocenters. The molecule has 0 fully saturated rings. The number of benzene rings is 3. The zero-order chi connectivity index (χ0) is 28.7. The van der Waals surface area contributed by atoms with Crippen LogP contribution in [0.1, 0.15) is 37.5 Å².